The lowest BCUT2D eigenvalue weighted by molar-refractivity contribution is -0.135. The van der Waals surface area contributed by atoms with Crippen molar-refractivity contribution in [2.45, 2.75) is 38.3 Å². The molecule has 5 rings (SSSR count). The van der Waals surface area contributed by atoms with Crippen LogP contribution in [0.15, 0.2) is 12.3 Å². The maximum Gasteiger partial charge on any atom is 0.236 e. The van der Waals surface area contributed by atoms with Crippen molar-refractivity contribution < 1.29 is 9.18 Å². The smallest absolute Gasteiger partial charge is 0.236 e. The van der Waals surface area contributed by atoms with E-state index >= 15 is 0 Å². The lowest BCUT2D eigenvalue weighted by Crippen LogP contribution is -2.55. The number of fused-ring (bicyclic) bond motifs is 3. The second-order valence-electron chi connectivity index (χ2n) is 7.97. The Morgan fingerprint density at radius 3 is 2.78 bits per heavy atom. The van der Waals surface area contributed by atoms with Gasteiger partial charge in [0.15, 0.2) is 0 Å². The molecule has 7 heteroatoms. The molecule has 0 bridgehead atoms. The fraction of sp³-hybridized carbons (Fsp3) is 0.600. The van der Waals surface area contributed by atoms with Crippen molar-refractivity contribution in [1.29, 1.82) is 0 Å². The highest BCUT2D eigenvalue weighted by Crippen LogP contribution is 2.34. The zero-order chi connectivity index (χ0) is 18.4. The highest BCUT2D eigenvalue weighted by Gasteiger charge is 2.30. The standard InChI is InChI=1S/C20H25FN4OS/c21-14-10-17-20(22-11-14)16-4-5-23(12-18(16)27-17)13-19(26)25-8-6-24(7-9-25)15-2-1-3-15/h10-11,15H,1-9,12-13H2. The summed E-state index contributed by atoms with van der Waals surface area (Å²) in [6.07, 6.45) is 6.21. The van der Waals surface area contributed by atoms with E-state index < -0.39 is 0 Å². The Hall–Kier alpha value is -1.57. The highest BCUT2D eigenvalue weighted by atomic mass is 32.1. The predicted octanol–water partition coefficient (Wildman–Crippen LogP) is 2.49. The molecule has 2 aromatic heterocycles. The maximum absolute atomic E-state index is 13.4. The van der Waals surface area contributed by atoms with Crippen molar-refractivity contribution >= 4 is 27.5 Å². The van der Waals surface area contributed by atoms with Crippen LogP contribution in [-0.4, -0.2) is 70.9 Å². The molecule has 0 N–H and O–H groups in total. The van der Waals surface area contributed by atoms with E-state index in [-0.39, 0.29) is 11.7 Å². The van der Waals surface area contributed by atoms with Gasteiger partial charge in [-0.15, -0.1) is 11.3 Å². The van der Waals surface area contributed by atoms with Gasteiger partial charge in [0.05, 0.1) is 23.0 Å². The fourth-order valence-electron chi connectivity index (χ4n) is 4.50. The summed E-state index contributed by atoms with van der Waals surface area (Å²) < 4.78 is 14.4. The first kappa shape index (κ1) is 17.5. The SMILES string of the molecule is O=C(CN1CCc2c(sc3cc(F)cnc23)C1)N1CCN(C2CCC2)CC1. The van der Waals surface area contributed by atoms with Gasteiger partial charge in [-0.3, -0.25) is 19.6 Å². The second-order valence-corrected chi connectivity index (χ2v) is 9.10. The van der Waals surface area contributed by atoms with E-state index in [1.807, 2.05) is 4.90 Å². The molecule has 1 saturated heterocycles. The highest BCUT2D eigenvalue weighted by molar-refractivity contribution is 7.19. The number of rotatable bonds is 3. The maximum atomic E-state index is 13.4. The summed E-state index contributed by atoms with van der Waals surface area (Å²) in [6, 6.07) is 2.34. The number of amides is 1. The van der Waals surface area contributed by atoms with E-state index in [9.17, 15) is 9.18 Å². The van der Waals surface area contributed by atoms with Crippen LogP contribution in [0.3, 0.4) is 0 Å². The van der Waals surface area contributed by atoms with Crippen molar-refractivity contribution in [3.8, 4) is 0 Å². The molecule has 2 fully saturated rings. The average Bonchev–Trinajstić information content (AvgIpc) is 2.97. The van der Waals surface area contributed by atoms with E-state index in [1.165, 1.54) is 35.9 Å². The van der Waals surface area contributed by atoms with Crippen molar-refractivity contribution in [2.24, 2.45) is 0 Å². The summed E-state index contributed by atoms with van der Waals surface area (Å²) in [7, 11) is 0. The molecule has 27 heavy (non-hydrogen) atoms. The van der Waals surface area contributed by atoms with Crippen molar-refractivity contribution in [3.63, 3.8) is 0 Å². The van der Waals surface area contributed by atoms with Crippen molar-refractivity contribution in [3.05, 3.63) is 28.5 Å². The minimum absolute atomic E-state index is 0.247. The number of piperazine rings is 1. The number of hydrogen-bond donors (Lipinski definition) is 0. The summed E-state index contributed by atoms with van der Waals surface area (Å²) in [4.78, 5) is 25.1. The van der Waals surface area contributed by atoms with Gasteiger partial charge in [-0.1, -0.05) is 6.42 Å². The molecule has 0 aromatic carbocycles. The Balaban J connectivity index is 1.20. The van der Waals surface area contributed by atoms with Gasteiger partial charge in [-0.05, 0) is 30.9 Å². The van der Waals surface area contributed by atoms with E-state index in [2.05, 4.69) is 14.8 Å². The molecule has 0 spiro atoms. The van der Waals surface area contributed by atoms with E-state index in [1.54, 1.807) is 17.4 Å². The number of carbonyl (C=O) groups excluding carboxylic acids is 1. The molecule has 1 amide bonds. The van der Waals surface area contributed by atoms with Crippen molar-refractivity contribution in [1.82, 2.24) is 19.7 Å². The van der Waals surface area contributed by atoms with E-state index in [0.29, 0.717) is 6.54 Å². The minimum Gasteiger partial charge on any atom is -0.339 e. The van der Waals surface area contributed by atoms with Crippen molar-refractivity contribution in [2.75, 3.05) is 39.3 Å². The Kier molecular flexibility index (Phi) is 4.61. The summed E-state index contributed by atoms with van der Waals surface area (Å²) in [5.74, 6) is -0.0360. The fourth-order valence-corrected chi connectivity index (χ4v) is 5.78. The van der Waals surface area contributed by atoms with Crippen LogP contribution < -0.4 is 0 Å². The summed E-state index contributed by atoms with van der Waals surface area (Å²) in [5, 5.41) is 0. The third-order valence-corrected chi connectivity index (χ3v) is 7.49. The molecule has 4 heterocycles. The van der Waals surface area contributed by atoms with Gasteiger partial charge in [0, 0.05) is 50.2 Å². The van der Waals surface area contributed by atoms with Gasteiger partial charge < -0.3 is 4.90 Å². The minimum atomic E-state index is -0.283. The molecular formula is C20H25FN4OS. The number of pyridine rings is 1. The largest absolute Gasteiger partial charge is 0.339 e. The molecule has 144 valence electrons. The van der Waals surface area contributed by atoms with Gasteiger partial charge in [0.2, 0.25) is 5.91 Å². The van der Waals surface area contributed by atoms with Gasteiger partial charge in [-0.2, -0.15) is 0 Å². The average molecular weight is 389 g/mol. The zero-order valence-corrected chi connectivity index (χ0v) is 16.3. The number of halogens is 1. The first-order valence-electron chi connectivity index (χ1n) is 9.97. The Bertz CT molecular complexity index is 857. The van der Waals surface area contributed by atoms with Crippen LogP contribution in [0.2, 0.25) is 0 Å². The number of carbonyl (C=O) groups is 1. The van der Waals surface area contributed by atoms with E-state index in [0.717, 1.165) is 61.9 Å². The van der Waals surface area contributed by atoms with Gasteiger partial charge in [-0.25, -0.2) is 4.39 Å². The van der Waals surface area contributed by atoms with Crippen LogP contribution in [0.5, 0.6) is 0 Å². The molecule has 0 unspecified atom stereocenters. The lowest BCUT2D eigenvalue weighted by Gasteiger charge is -2.43. The third-order valence-electron chi connectivity index (χ3n) is 6.34. The quantitative estimate of drug-likeness (QED) is 0.810. The van der Waals surface area contributed by atoms with Crippen LogP contribution in [0, 0.1) is 5.82 Å². The molecule has 2 aliphatic heterocycles. The first-order valence-corrected chi connectivity index (χ1v) is 10.8. The summed E-state index contributed by atoms with van der Waals surface area (Å²) in [6.45, 7) is 5.89. The lowest BCUT2D eigenvalue weighted by atomic mass is 9.91. The number of nitrogens with zero attached hydrogens (tertiary/aromatic N) is 4. The van der Waals surface area contributed by atoms with Crippen LogP contribution in [0.1, 0.15) is 29.7 Å². The molecule has 2 aromatic rings. The van der Waals surface area contributed by atoms with E-state index in [4.69, 9.17) is 0 Å². The van der Waals surface area contributed by atoms with Gasteiger partial charge in [0.1, 0.15) is 5.82 Å². The molecule has 5 nitrogen and oxygen atoms in total. The van der Waals surface area contributed by atoms with Gasteiger partial charge >= 0.3 is 0 Å². The molecule has 1 aliphatic carbocycles. The Morgan fingerprint density at radius 1 is 1.22 bits per heavy atom. The Morgan fingerprint density at radius 2 is 2.04 bits per heavy atom. The second kappa shape index (κ2) is 7.11. The monoisotopic (exact) mass is 388 g/mol. The molecule has 1 saturated carbocycles. The van der Waals surface area contributed by atoms with Crippen LogP contribution in [0.4, 0.5) is 4.39 Å². The van der Waals surface area contributed by atoms with Crippen LogP contribution >= 0.6 is 11.3 Å². The Labute approximate surface area is 162 Å². The number of aromatic nitrogens is 1. The normalized spacial score (nSPS) is 22.0. The molecular weight excluding hydrogens is 363 g/mol. The first-order chi connectivity index (χ1) is 13.2. The number of hydrogen-bond acceptors (Lipinski definition) is 5. The molecule has 0 radical (unpaired) electrons. The van der Waals surface area contributed by atoms with Crippen LogP contribution in [0.25, 0.3) is 10.2 Å². The molecule has 3 aliphatic rings. The topological polar surface area (TPSA) is 39.7 Å². The third kappa shape index (κ3) is 3.37. The van der Waals surface area contributed by atoms with Crippen LogP contribution in [-0.2, 0) is 17.8 Å². The molecule has 0 atom stereocenters. The van der Waals surface area contributed by atoms with Gasteiger partial charge in [0.25, 0.3) is 0 Å². The zero-order valence-electron chi connectivity index (χ0n) is 15.5. The predicted molar refractivity (Wildman–Crippen MR) is 104 cm³/mol. The number of thiophene rings is 1. The summed E-state index contributed by atoms with van der Waals surface area (Å²) in [5.41, 5.74) is 2.18. The summed E-state index contributed by atoms with van der Waals surface area (Å²) >= 11 is 1.62.